The molecule has 1 aliphatic carbocycles. The Morgan fingerprint density at radius 1 is 1.09 bits per heavy atom. The van der Waals surface area contributed by atoms with Gasteiger partial charge < -0.3 is 15.1 Å². The molecule has 3 heterocycles. The van der Waals surface area contributed by atoms with E-state index in [4.69, 9.17) is 9.97 Å². The number of halogens is 3. The SMILES string of the molecule is CC(=O)N1CCc2nc(N3CCN(Cc4ccc(F)cc4F)CC3)c(N[C@H]3C[C@H](F)C3)nc2C1. The molecule has 1 aromatic carbocycles. The second kappa shape index (κ2) is 9.40. The van der Waals surface area contributed by atoms with E-state index in [1.54, 1.807) is 11.8 Å². The van der Waals surface area contributed by atoms with Gasteiger partial charge in [0.2, 0.25) is 5.91 Å². The van der Waals surface area contributed by atoms with Crippen LogP contribution in [0.5, 0.6) is 0 Å². The lowest BCUT2D eigenvalue weighted by molar-refractivity contribution is -0.129. The maximum atomic E-state index is 14.1. The highest BCUT2D eigenvalue weighted by atomic mass is 19.1. The Kier molecular flexibility index (Phi) is 6.33. The molecule has 0 atom stereocenters. The number of nitrogens with one attached hydrogen (secondary N) is 1. The summed E-state index contributed by atoms with van der Waals surface area (Å²) >= 11 is 0. The van der Waals surface area contributed by atoms with Crippen LogP contribution in [0, 0.1) is 11.6 Å². The number of anilines is 2. The van der Waals surface area contributed by atoms with Gasteiger partial charge in [0.15, 0.2) is 11.6 Å². The lowest BCUT2D eigenvalue weighted by atomic mass is 9.91. The predicted molar refractivity (Wildman–Crippen MR) is 122 cm³/mol. The minimum absolute atomic E-state index is 0.0130. The van der Waals surface area contributed by atoms with E-state index in [-0.39, 0.29) is 11.9 Å². The number of carbonyl (C=O) groups is 1. The topological polar surface area (TPSA) is 64.6 Å². The molecule has 0 bridgehead atoms. The lowest BCUT2D eigenvalue weighted by Crippen LogP contribution is -2.47. The highest BCUT2D eigenvalue weighted by Crippen LogP contribution is 2.32. The summed E-state index contributed by atoms with van der Waals surface area (Å²) in [6.45, 7) is 5.78. The van der Waals surface area contributed by atoms with Crippen molar-refractivity contribution in [3.8, 4) is 0 Å². The Morgan fingerprint density at radius 2 is 1.85 bits per heavy atom. The van der Waals surface area contributed by atoms with Crippen LogP contribution in [0.4, 0.5) is 24.8 Å². The zero-order chi connectivity index (χ0) is 23.8. The third-order valence-electron chi connectivity index (χ3n) is 6.94. The average Bonchev–Trinajstić information content (AvgIpc) is 2.79. The van der Waals surface area contributed by atoms with Gasteiger partial charge in [0.1, 0.15) is 17.8 Å². The first-order chi connectivity index (χ1) is 16.4. The molecule has 1 aromatic heterocycles. The van der Waals surface area contributed by atoms with Crippen molar-refractivity contribution in [1.29, 1.82) is 0 Å². The Morgan fingerprint density at radius 3 is 2.53 bits per heavy atom. The van der Waals surface area contributed by atoms with Crippen molar-refractivity contribution in [1.82, 2.24) is 19.8 Å². The van der Waals surface area contributed by atoms with E-state index in [2.05, 4.69) is 15.1 Å². The molecule has 10 heteroatoms. The van der Waals surface area contributed by atoms with Crippen molar-refractivity contribution in [2.24, 2.45) is 0 Å². The third-order valence-corrected chi connectivity index (χ3v) is 6.94. The number of fused-ring (bicyclic) bond motifs is 1. The fourth-order valence-corrected chi connectivity index (χ4v) is 4.78. The number of carbonyl (C=O) groups excluding carboxylic acids is 1. The van der Waals surface area contributed by atoms with Crippen molar-refractivity contribution in [3.05, 3.63) is 46.8 Å². The van der Waals surface area contributed by atoms with E-state index >= 15 is 0 Å². The van der Waals surface area contributed by atoms with E-state index in [1.807, 2.05) is 0 Å². The highest BCUT2D eigenvalue weighted by molar-refractivity contribution is 5.73. The second-order valence-electron chi connectivity index (χ2n) is 9.39. The first-order valence-electron chi connectivity index (χ1n) is 11.8. The molecule has 2 aliphatic heterocycles. The number of piperazine rings is 1. The Hall–Kier alpha value is -2.88. The average molecular weight is 475 g/mol. The van der Waals surface area contributed by atoms with Crippen molar-refractivity contribution in [2.75, 3.05) is 42.9 Å². The molecule has 0 spiro atoms. The van der Waals surface area contributed by atoms with Gasteiger partial charge in [-0.3, -0.25) is 9.69 Å². The predicted octanol–water partition coefficient (Wildman–Crippen LogP) is 2.89. The van der Waals surface area contributed by atoms with Crippen molar-refractivity contribution in [2.45, 2.75) is 51.5 Å². The largest absolute Gasteiger partial charge is 0.364 e. The second-order valence-corrected chi connectivity index (χ2v) is 9.39. The van der Waals surface area contributed by atoms with E-state index in [1.165, 1.54) is 12.1 Å². The maximum Gasteiger partial charge on any atom is 0.219 e. The van der Waals surface area contributed by atoms with Crippen LogP contribution >= 0.6 is 0 Å². The van der Waals surface area contributed by atoms with E-state index in [9.17, 15) is 18.0 Å². The zero-order valence-electron chi connectivity index (χ0n) is 19.2. The van der Waals surface area contributed by atoms with Gasteiger partial charge in [-0.25, -0.2) is 23.1 Å². The van der Waals surface area contributed by atoms with Gasteiger partial charge in [-0.2, -0.15) is 0 Å². The van der Waals surface area contributed by atoms with Crippen molar-refractivity contribution in [3.63, 3.8) is 0 Å². The number of benzene rings is 1. The summed E-state index contributed by atoms with van der Waals surface area (Å²) in [5, 5.41) is 3.38. The molecule has 2 fully saturated rings. The van der Waals surface area contributed by atoms with Gasteiger partial charge >= 0.3 is 0 Å². The van der Waals surface area contributed by atoms with Gasteiger partial charge in [-0.1, -0.05) is 6.07 Å². The Bertz CT molecular complexity index is 1070. The van der Waals surface area contributed by atoms with Crippen LogP contribution in [-0.2, 0) is 24.3 Å². The summed E-state index contributed by atoms with van der Waals surface area (Å²) < 4.78 is 40.7. The number of nitrogens with zero attached hydrogens (tertiary/aromatic N) is 5. The van der Waals surface area contributed by atoms with E-state index in [0.29, 0.717) is 76.5 Å². The normalized spacial score (nSPS) is 22.8. The number of rotatable bonds is 5. The summed E-state index contributed by atoms with van der Waals surface area (Å²) in [7, 11) is 0. The van der Waals surface area contributed by atoms with Crippen LogP contribution in [0.15, 0.2) is 18.2 Å². The molecule has 34 heavy (non-hydrogen) atoms. The number of amides is 1. The van der Waals surface area contributed by atoms with Crippen molar-refractivity contribution < 1.29 is 18.0 Å². The lowest BCUT2D eigenvalue weighted by Gasteiger charge is -2.38. The van der Waals surface area contributed by atoms with Crippen molar-refractivity contribution >= 4 is 17.5 Å². The minimum Gasteiger partial charge on any atom is -0.364 e. The maximum absolute atomic E-state index is 14.1. The molecular weight excluding hydrogens is 445 g/mol. The van der Waals surface area contributed by atoms with E-state index in [0.717, 1.165) is 23.3 Å². The van der Waals surface area contributed by atoms with Crippen LogP contribution in [-0.4, -0.2) is 70.6 Å². The van der Waals surface area contributed by atoms with E-state index < -0.39 is 17.8 Å². The number of hydrogen-bond donors (Lipinski definition) is 1. The standard InChI is InChI=1S/C24H29F3N6O/c1-15(34)33-5-4-21-22(14-33)29-23(28-19-10-18(26)11-19)24(30-21)32-8-6-31(7-9-32)13-16-2-3-17(25)12-20(16)27/h2-3,12,18-19H,4-11,13-14H2,1H3,(H,28,29)/t18-,19-. The fourth-order valence-electron chi connectivity index (χ4n) is 4.78. The zero-order valence-corrected chi connectivity index (χ0v) is 19.2. The van der Waals surface area contributed by atoms with Gasteiger partial charge in [0, 0.05) is 70.3 Å². The number of hydrogen-bond acceptors (Lipinski definition) is 6. The molecule has 1 amide bonds. The summed E-state index contributed by atoms with van der Waals surface area (Å²) in [5.74, 6) is 0.304. The molecule has 2 aromatic rings. The molecule has 1 saturated heterocycles. The molecule has 5 rings (SSSR count). The van der Waals surface area contributed by atoms with Crippen LogP contribution < -0.4 is 10.2 Å². The van der Waals surface area contributed by atoms with Gasteiger partial charge in [-0.05, 0) is 18.9 Å². The quantitative estimate of drug-likeness (QED) is 0.719. The summed E-state index contributed by atoms with van der Waals surface area (Å²) in [6, 6.07) is 3.72. The molecule has 1 saturated carbocycles. The Balaban J connectivity index is 1.31. The molecule has 182 valence electrons. The molecule has 3 aliphatic rings. The molecule has 0 unspecified atom stereocenters. The molecule has 7 nitrogen and oxygen atoms in total. The van der Waals surface area contributed by atoms with Gasteiger partial charge in [0.25, 0.3) is 0 Å². The number of aromatic nitrogens is 2. The van der Waals surface area contributed by atoms with Gasteiger partial charge in [0.05, 0.1) is 17.9 Å². The summed E-state index contributed by atoms with van der Waals surface area (Å²) in [6.07, 6.45) is 0.772. The van der Waals surface area contributed by atoms with Gasteiger partial charge in [-0.15, -0.1) is 0 Å². The molecule has 1 N–H and O–H groups in total. The van der Waals surface area contributed by atoms with Crippen LogP contribution in [0.1, 0.15) is 36.7 Å². The van der Waals surface area contributed by atoms with Crippen LogP contribution in [0.3, 0.4) is 0 Å². The monoisotopic (exact) mass is 474 g/mol. The molecular formula is C24H29F3N6O. The van der Waals surface area contributed by atoms with Crippen LogP contribution in [0.2, 0.25) is 0 Å². The van der Waals surface area contributed by atoms with Crippen LogP contribution in [0.25, 0.3) is 0 Å². The third kappa shape index (κ3) is 4.82. The first-order valence-corrected chi connectivity index (χ1v) is 11.8. The fraction of sp³-hybridized carbons (Fsp3) is 0.542. The minimum atomic E-state index is -0.782. The Labute approximate surface area is 197 Å². The smallest absolute Gasteiger partial charge is 0.219 e. The first kappa shape index (κ1) is 22.9. The summed E-state index contributed by atoms with van der Waals surface area (Å²) in [5.41, 5.74) is 2.16. The molecule has 0 radical (unpaired) electrons. The highest BCUT2D eigenvalue weighted by Gasteiger charge is 2.32. The number of alkyl halides is 1. The summed E-state index contributed by atoms with van der Waals surface area (Å²) in [4.78, 5) is 27.7.